The zero-order valence-corrected chi connectivity index (χ0v) is 7.89. The van der Waals surface area contributed by atoms with Crippen LogP contribution in [-0.2, 0) is 0 Å². The van der Waals surface area contributed by atoms with E-state index in [0.29, 0.717) is 5.69 Å². The van der Waals surface area contributed by atoms with Gasteiger partial charge >= 0.3 is 0 Å². The highest BCUT2D eigenvalue weighted by molar-refractivity contribution is 9.10. The van der Waals surface area contributed by atoms with Gasteiger partial charge < -0.3 is 4.90 Å². The molecule has 1 heterocycles. The number of hydrogen-bond donors (Lipinski definition) is 0. The average molecular weight is 219 g/mol. The van der Waals surface area contributed by atoms with Crippen LogP contribution in [0.4, 0.5) is 10.1 Å². The molecule has 0 spiro atoms. The van der Waals surface area contributed by atoms with E-state index in [1.54, 1.807) is 25.1 Å². The summed E-state index contributed by atoms with van der Waals surface area (Å²) >= 11 is 3.21. The standard InChI is InChI=1S/C7H8BrFN2/c1-11(2)6-3-5(8)4-10-7(6)9/h3-4H,1-2H3. The van der Waals surface area contributed by atoms with E-state index in [9.17, 15) is 4.39 Å². The molecule has 0 bridgehead atoms. The van der Waals surface area contributed by atoms with Crippen LogP contribution < -0.4 is 4.90 Å². The Kier molecular flexibility index (Phi) is 2.44. The Bertz CT molecular complexity index is 263. The third-order valence-electron chi connectivity index (χ3n) is 1.27. The summed E-state index contributed by atoms with van der Waals surface area (Å²) < 4.78 is 13.6. The Morgan fingerprint density at radius 2 is 2.18 bits per heavy atom. The molecule has 0 aliphatic heterocycles. The minimum Gasteiger partial charge on any atom is -0.374 e. The number of aromatic nitrogens is 1. The maximum Gasteiger partial charge on any atom is 0.236 e. The van der Waals surface area contributed by atoms with E-state index in [1.165, 1.54) is 6.20 Å². The van der Waals surface area contributed by atoms with E-state index in [1.807, 2.05) is 0 Å². The fourth-order valence-corrected chi connectivity index (χ4v) is 1.04. The zero-order chi connectivity index (χ0) is 8.43. The molecule has 4 heteroatoms. The minimum absolute atomic E-state index is 0.446. The van der Waals surface area contributed by atoms with Crippen molar-refractivity contribution in [2.24, 2.45) is 0 Å². The molecule has 1 aromatic heterocycles. The minimum atomic E-state index is -0.446. The average Bonchev–Trinajstić information content (AvgIpc) is 1.94. The molecule has 1 rings (SSSR count). The summed E-state index contributed by atoms with van der Waals surface area (Å²) in [6.45, 7) is 0. The predicted molar refractivity (Wildman–Crippen MR) is 46.2 cm³/mol. The highest BCUT2D eigenvalue weighted by Gasteiger charge is 2.04. The van der Waals surface area contributed by atoms with E-state index >= 15 is 0 Å². The normalized spacial score (nSPS) is 9.82. The smallest absolute Gasteiger partial charge is 0.236 e. The van der Waals surface area contributed by atoms with Crippen LogP contribution in [0.5, 0.6) is 0 Å². The van der Waals surface area contributed by atoms with Crippen LogP contribution in [0.25, 0.3) is 0 Å². The van der Waals surface area contributed by atoms with Gasteiger partial charge in [-0.1, -0.05) is 0 Å². The first-order valence-corrected chi connectivity index (χ1v) is 3.89. The predicted octanol–water partition coefficient (Wildman–Crippen LogP) is 2.05. The van der Waals surface area contributed by atoms with E-state index in [4.69, 9.17) is 0 Å². The molecule has 0 aliphatic carbocycles. The van der Waals surface area contributed by atoms with Gasteiger partial charge in [-0.25, -0.2) is 4.98 Å². The van der Waals surface area contributed by atoms with Gasteiger partial charge in [-0.2, -0.15) is 4.39 Å². The SMILES string of the molecule is CN(C)c1cc(Br)cnc1F. The molecule has 1 aromatic rings. The van der Waals surface area contributed by atoms with Gasteiger partial charge in [0.15, 0.2) is 0 Å². The van der Waals surface area contributed by atoms with E-state index in [-0.39, 0.29) is 0 Å². The topological polar surface area (TPSA) is 16.1 Å². The highest BCUT2D eigenvalue weighted by atomic mass is 79.9. The van der Waals surface area contributed by atoms with Crippen molar-refractivity contribution in [3.8, 4) is 0 Å². The van der Waals surface area contributed by atoms with E-state index in [0.717, 1.165) is 4.47 Å². The molecular formula is C7H8BrFN2. The lowest BCUT2D eigenvalue weighted by atomic mass is 10.4. The molecule has 0 saturated heterocycles. The molecule has 0 fully saturated rings. The first-order valence-electron chi connectivity index (χ1n) is 3.09. The summed E-state index contributed by atoms with van der Waals surface area (Å²) in [5, 5.41) is 0. The second kappa shape index (κ2) is 3.17. The summed E-state index contributed by atoms with van der Waals surface area (Å²) in [6, 6.07) is 1.68. The highest BCUT2D eigenvalue weighted by Crippen LogP contribution is 2.19. The van der Waals surface area contributed by atoms with E-state index in [2.05, 4.69) is 20.9 Å². The lowest BCUT2D eigenvalue weighted by molar-refractivity contribution is 0.582. The molecule has 0 saturated carbocycles. The fraction of sp³-hybridized carbons (Fsp3) is 0.286. The Labute approximate surface area is 73.2 Å². The van der Waals surface area contributed by atoms with Gasteiger partial charge in [0.25, 0.3) is 0 Å². The third-order valence-corrected chi connectivity index (χ3v) is 1.70. The molecule has 0 aliphatic rings. The Morgan fingerprint density at radius 3 is 2.64 bits per heavy atom. The van der Waals surface area contributed by atoms with Crippen LogP contribution in [0.2, 0.25) is 0 Å². The molecule has 11 heavy (non-hydrogen) atoms. The van der Waals surface area contributed by atoms with Crippen molar-refractivity contribution in [1.82, 2.24) is 4.98 Å². The van der Waals surface area contributed by atoms with Gasteiger partial charge in [-0.15, -0.1) is 0 Å². The van der Waals surface area contributed by atoms with Crippen LogP contribution >= 0.6 is 15.9 Å². The molecular weight excluding hydrogens is 211 g/mol. The van der Waals surface area contributed by atoms with Crippen LogP contribution in [0.15, 0.2) is 16.7 Å². The van der Waals surface area contributed by atoms with Crippen molar-refractivity contribution in [2.45, 2.75) is 0 Å². The molecule has 0 aromatic carbocycles. The first-order chi connectivity index (χ1) is 5.11. The van der Waals surface area contributed by atoms with Crippen molar-refractivity contribution in [2.75, 3.05) is 19.0 Å². The molecule has 2 nitrogen and oxygen atoms in total. The molecule has 0 unspecified atom stereocenters. The summed E-state index contributed by atoms with van der Waals surface area (Å²) in [6.07, 6.45) is 1.43. The maximum absolute atomic E-state index is 12.8. The fourth-order valence-electron chi connectivity index (χ4n) is 0.726. The largest absolute Gasteiger partial charge is 0.374 e. The number of nitrogens with zero attached hydrogens (tertiary/aromatic N) is 2. The second-order valence-corrected chi connectivity index (χ2v) is 3.27. The Hall–Kier alpha value is -0.640. The van der Waals surface area contributed by atoms with Crippen LogP contribution in [-0.4, -0.2) is 19.1 Å². The lowest BCUT2D eigenvalue weighted by Gasteiger charge is -2.12. The summed E-state index contributed by atoms with van der Waals surface area (Å²) in [5.74, 6) is -0.446. The first kappa shape index (κ1) is 8.46. The summed E-state index contributed by atoms with van der Waals surface area (Å²) in [7, 11) is 3.54. The van der Waals surface area contributed by atoms with Gasteiger partial charge in [0.1, 0.15) is 0 Å². The van der Waals surface area contributed by atoms with Gasteiger partial charge in [0.2, 0.25) is 5.95 Å². The van der Waals surface area contributed by atoms with Crippen molar-refractivity contribution < 1.29 is 4.39 Å². The van der Waals surface area contributed by atoms with Crippen molar-refractivity contribution >= 4 is 21.6 Å². The van der Waals surface area contributed by atoms with Gasteiger partial charge in [0.05, 0.1) is 5.69 Å². The zero-order valence-electron chi connectivity index (χ0n) is 6.31. The third kappa shape index (κ3) is 1.89. The van der Waals surface area contributed by atoms with Gasteiger partial charge in [-0.3, -0.25) is 0 Å². The number of pyridine rings is 1. The van der Waals surface area contributed by atoms with Crippen LogP contribution in [0.1, 0.15) is 0 Å². The number of rotatable bonds is 1. The molecule has 60 valence electrons. The quantitative estimate of drug-likeness (QED) is 0.672. The van der Waals surface area contributed by atoms with Crippen molar-refractivity contribution in [3.05, 3.63) is 22.7 Å². The molecule has 0 N–H and O–H groups in total. The van der Waals surface area contributed by atoms with Crippen LogP contribution in [0, 0.1) is 5.95 Å². The van der Waals surface area contributed by atoms with Gasteiger partial charge in [-0.05, 0) is 22.0 Å². The number of hydrogen-bond acceptors (Lipinski definition) is 2. The van der Waals surface area contributed by atoms with Crippen LogP contribution in [0.3, 0.4) is 0 Å². The van der Waals surface area contributed by atoms with E-state index < -0.39 is 5.95 Å². The monoisotopic (exact) mass is 218 g/mol. The molecule has 0 amide bonds. The summed E-state index contributed by atoms with van der Waals surface area (Å²) in [5.41, 5.74) is 0.486. The number of anilines is 1. The lowest BCUT2D eigenvalue weighted by Crippen LogP contribution is -2.11. The summed E-state index contributed by atoms with van der Waals surface area (Å²) in [4.78, 5) is 5.22. The molecule has 0 atom stereocenters. The van der Waals surface area contributed by atoms with Crippen molar-refractivity contribution in [1.29, 1.82) is 0 Å². The Morgan fingerprint density at radius 1 is 1.55 bits per heavy atom. The van der Waals surface area contributed by atoms with Gasteiger partial charge in [0, 0.05) is 24.8 Å². The van der Waals surface area contributed by atoms with Crippen molar-refractivity contribution in [3.63, 3.8) is 0 Å². The molecule has 0 radical (unpaired) electrons. The maximum atomic E-state index is 12.8. The Balaban J connectivity index is 3.13. The second-order valence-electron chi connectivity index (χ2n) is 2.36. The number of halogens is 2.